The van der Waals surface area contributed by atoms with E-state index in [0.717, 1.165) is 16.7 Å². The van der Waals surface area contributed by atoms with Crippen LogP contribution in [0.1, 0.15) is 5.56 Å². The number of nitrogen functional groups attached to an aromatic ring is 1. The van der Waals surface area contributed by atoms with Crippen molar-refractivity contribution in [3.8, 4) is 11.1 Å². The van der Waals surface area contributed by atoms with Gasteiger partial charge in [-0.1, -0.05) is 23.7 Å². The molecule has 0 radical (unpaired) electrons. The number of halogens is 2. The van der Waals surface area contributed by atoms with Gasteiger partial charge in [0, 0.05) is 0 Å². The molecule has 0 bridgehead atoms. The topological polar surface area (TPSA) is 26.0 Å². The lowest BCUT2D eigenvalue weighted by Crippen LogP contribution is -1.89. The molecular formula is C13H11ClFN. The molecule has 0 saturated carbocycles. The van der Waals surface area contributed by atoms with Crippen molar-refractivity contribution < 1.29 is 4.39 Å². The summed E-state index contributed by atoms with van der Waals surface area (Å²) in [5, 5.41) is 0.531. The molecule has 2 rings (SSSR count). The Morgan fingerprint density at radius 2 is 1.88 bits per heavy atom. The normalized spacial score (nSPS) is 10.4. The second kappa shape index (κ2) is 4.14. The van der Waals surface area contributed by atoms with Crippen LogP contribution in [0.3, 0.4) is 0 Å². The molecule has 0 aliphatic rings. The maximum absolute atomic E-state index is 13.0. The van der Waals surface area contributed by atoms with E-state index in [-0.39, 0.29) is 5.82 Å². The Balaban J connectivity index is 2.54. The molecule has 82 valence electrons. The maximum atomic E-state index is 13.0. The summed E-state index contributed by atoms with van der Waals surface area (Å²) in [6.07, 6.45) is 0. The summed E-state index contributed by atoms with van der Waals surface area (Å²) >= 11 is 5.85. The number of hydrogen-bond acceptors (Lipinski definition) is 1. The average molecular weight is 236 g/mol. The van der Waals surface area contributed by atoms with Crippen LogP contribution < -0.4 is 5.73 Å². The van der Waals surface area contributed by atoms with Crippen molar-refractivity contribution in [1.29, 1.82) is 0 Å². The van der Waals surface area contributed by atoms with E-state index in [9.17, 15) is 4.39 Å². The van der Waals surface area contributed by atoms with Gasteiger partial charge in [-0.3, -0.25) is 0 Å². The van der Waals surface area contributed by atoms with Gasteiger partial charge in [0.05, 0.1) is 10.7 Å². The Hall–Kier alpha value is -1.54. The van der Waals surface area contributed by atoms with Crippen molar-refractivity contribution in [2.45, 2.75) is 6.92 Å². The van der Waals surface area contributed by atoms with E-state index < -0.39 is 0 Å². The molecule has 1 nitrogen and oxygen atoms in total. The quantitative estimate of drug-likeness (QED) is 0.742. The van der Waals surface area contributed by atoms with Crippen molar-refractivity contribution in [3.63, 3.8) is 0 Å². The summed E-state index contributed by atoms with van der Waals surface area (Å²) < 4.78 is 13.0. The lowest BCUT2D eigenvalue weighted by molar-refractivity contribution is 0.627. The maximum Gasteiger partial charge on any atom is 0.123 e. The molecule has 0 unspecified atom stereocenters. The van der Waals surface area contributed by atoms with Crippen molar-refractivity contribution in [2.24, 2.45) is 0 Å². The SMILES string of the molecule is Cc1cc(F)ccc1-c1ccc(Cl)c(N)c1. The second-order valence-corrected chi connectivity index (χ2v) is 4.10. The van der Waals surface area contributed by atoms with E-state index in [1.807, 2.05) is 13.0 Å². The van der Waals surface area contributed by atoms with E-state index in [2.05, 4.69) is 0 Å². The van der Waals surface area contributed by atoms with Gasteiger partial charge in [-0.2, -0.15) is 0 Å². The average Bonchev–Trinajstić information content (AvgIpc) is 2.22. The van der Waals surface area contributed by atoms with Crippen molar-refractivity contribution in [3.05, 3.63) is 52.8 Å². The number of benzene rings is 2. The predicted molar refractivity (Wildman–Crippen MR) is 66.0 cm³/mol. The summed E-state index contributed by atoms with van der Waals surface area (Å²) in [6, 6.07) is 10.1. The summed E-state index contributed by atoms with van der Waals surface area (Å²) in [4.78, 5) is 0. The largest absolute Gasteiger partial charge is 0.398 e. The Kier molecular flexibility index (Phi) is 2.84. The molecule has 16 heavy (non-hydrogen) atoms. The number of hydrogen-bond donors (Lipinski definition) is 1. The van der Waals surface area contributed by atoms with Crippen LogP contribution in [-0.2, 0) is 0 Å². The van der Waals surface area contributed by atoms with Crippen LogP contribution in [0.4, 0.5) is 10.1 Å². The zero-order valence-electron chi connectivity index (χ0n) is 8.80. The van der Waals surface area contributed by atoms with Gasteiger partial charge >= 0.3 is 0 Å². The van der Waals surface area contributed by atoms with Gasteiger partial charge in [0.25, 0.3) is 0 Å². The van der Waals surface area contributed by atoms with Gasteiger partial charge in [-0.15, -0.1) is 0 Å². The number of anilines is 1. The Morgan fingerprint density at radius 1 is 1.12 bits per heavy atom. The minimum atomic E-state index is -0.233. The first-order valence-corrected chi connectivity index (χ1v) is 5.27. The second-order valence-electron chi connectivity index (χ2n) is 3.70. The molecule has 0 spiro atoms. The smallest absolute Gasteiger partial charge is 0.123 e. The molecule has 0 heterocycles. The van der Waals surface area contributed by atoms with E-state index in [1.165, 1.54) is 12.1 Å². The van der Waals surface area contributed by atoms with Crippen LogP contribution in [0, 0.1) is 12.7 Å². The molecule has 0 fully saturated rings. The van der Waals surface area contributed by atoms with Gasteiger partial charge in [-0.25, -0.2) is 4.39 Å². The van der Waals surface area contributed by atoms with Crippen molar-refractivity contribution in [1.82, 2.24) is 0 Å². The highest BCUT2D eigenvalue weighted by molar-refractivity contribution is 6.33. The summed E-state index contributed by atoms with van der Waals surface area (Å²) in [5.74, 6) is -0.233. The van der Waals surface area contributed by atoms with E-state index >= 15 is 0 Å². The molecule has 2 N–H and O–H groups in total. The van der Waals surface area contributed by atoms with Crippen LogP contribution >= 0.6 is 11.6 Å². The molecule has 0 aliphatic carbocycles. The third-order valence-corrected chi connectivity index (χ3v) is 2.84. The molecule has 2 aromatic rings. The van der Waals surface area contributed by atoms with Gasteiger partial charge in [0.15, 0.2) is 0 Å². The third-order valence-electron chi connectivity index (χ3n) is 2.50. The molecule has 0 atom stereocenters. The summed E-state index contributed by atoms with van der Waals surface area (Å²) in [6.45, 7) is 1.86. The zero-order valence-corrected chi connectivity index (χ0v) is 9.55. The summed E-state index contributed by atoms with van der Waals surface area (Å²) in [5.41, 5.74) is 9.05. The van der Waals surface area contributed by atoms with Gasteiger partial charge < -0.3 is 5.73 Å². The fraction of sp³-hybridized carbons (Fsp3) is 0.0769. The van der Waals surface area contributed by atoms with Crippen molar-refractivity contribution >= 4 is 17.3 Å². The van der Waals surface area contributed by atoms with Gasteiger partial charge in [0.2, 0.25) is 0 Å². The predicted octanol–water partition coefficient (Wildman–Crippen LogP) is 4.04. The Bertz CT molecular complexity index is 537. The first-order valence-electron chi connectivity index (χ1n) is 4.89. The fourth-order valence-corrected chi connectivity index (χ4v) is 1.78. The first-order chi connectivity index (χ1) is 7.58. The Labute approximate surface area is 98.7 Å². The van der Waals surface area contributed by atoms with Gasteiger partial charge in [0.1, 0.15) is 5.82 Å². The van der Waals surface area contributed by atoms with E-state index in [0.29, 0.717) is 10.7 Å². The highest BCUT2D eigenvalue weighted by Crippen LogP contribution is 2.29. The molecular weight excluding hydrogens is 225 g/mol. The molecule has 2 aromatic carbocycles. The summed E-state index contributed by atoms with van der Waals surface area (Å²) in [7, 11) is 0. The van der Waals surface area contributed by atoms with E-state index in [4.69, 9.17) is 17.3 Å². The molecule has 0 aliphatic heterocycles. The molecule has 0 amide bonds. The van der Waals surface area contributed by atoms with Gasteiger partial charge in [-0.05, 0) is 47.9 Å². The van der Waals surface area contributed by atoms with Crippen LogP contribution in [0.2, 0.25) is 5.02 Å². The van der Waals surface area contributed by atoms with Crippen LogP contribution in [0.15, 0.2) is 36.4 Å². The van der Waals surface area contributed by atoms with Crippen LogP contribution in [0.5, 0.6) is 0 Å². The zero-order chi connectivity index (χ0) is 11.7. The lowest BCUT2D eigenvalue weighted by Gasteiger charge is -2.07. The molecule has 3 heteroatoms. The molecule has 0 aromatic heterocycles. The van der Waals surface area contributed by atoms with E-state index in [1.54, 1.807) is 18.2 Å². The highest BCUT2D eigenvalue weighted by atomic mass is 35.5. The number of nitrogens with two attached hydrogens (primary N) is 1. The first kappa shape index (κ1) is 11.0. The van der Waals surface area contributed by atoms with Crippen LogP contribution in [-0.4, -0.2) is 0 Å². The fourth-order valence-electron chi connectivity index (χ4n) is 1.66. The highest BCUT2D eigenvalue weighted by Gasteiger charge is 2.05. The minimum absolute atomic E-state index is 0.233. The lowest BCUT2D eigenvalue weighted by atomic mass is 10.0. The number of aryl methyl sites for hydroxylation is 1. The minimum Gasteiger partial charge on any atom is -0.398 e. The van der Waals surface area contributed by atoms with Crippen molar-refractivity contribution in [2.75, 3.05) is 5.73 Å². The number of rotatable bonds is 1. The third kappa shape index (κ3) is 2.02. The monoisotopic (exact) mass is 235 g/mol. The standard InChI is InChI=1S/C13H11ClFN/c1-8-6-10(15)3-4-11(8)9-2-5-12(14)13(16)7-9/h2-7H,16H2,1H3. The Morgan fingerprint density at radius 3 is 2.50 bits per heavy atom. The molecule has 0 saturated heterocycles. The van der Waals surface area contributed by atoms with Crippen LogP contribution in [0.25, 0.3) is 11.1 Å².